The van der Waals surface area contributed by atoms with Gasteiger partial charge in [-0.25, -0.2) is 0 Å². The van der Waals surface area contributed by atoms with Crippen LogP contribution in [0.4, 0.5) is 0 Å². The third-order valence-corrected chi connectivity index (χ3v) is 4.39. The van der Waals surface area contributed by atoms with Gasteiger partial charge in [-0.15, -0.1) is 0 Å². The highest BCUT2D eigenvalue weighted by Gasteiger charge is 2.38. The van der Waals surface area contributed by atoms with Gasteiger partial charge in [-0.3, -0.25) is 4.90 Å². The first-order valence-corrected chi connectivity index (χ1v) is 7.20. The van der Waals surface area contributed by atoms with Crippen LogP contribution in [0.15, 0.2) is 0 Å². The van der Waals surface area contributed by atoms with E-state index < -0.39 is 0 Å². The third-order valence-electron chi connectivity index (χ3n) is 4.39. The first-order chi connectivity index (χ1) is 7.76. The zero-order valence-corrected chi connectivity index (χ0v) is 10.9. The van der Waals surface area contributed by atoms with Crippen molar-refractivity contribution in [3.05, 3.63) is 0 Å². The van der Waals surface area contributed by atoms with Crippen molar-refractivity contribution in [1.29, 1.82) is 0 Å². The van der Waals surface area contributed by atoms with Crippen LogP contribution in [-0.2, 0) is 0 Å². The minimum absolute atomic E-state index is 0.0614. The molecular weight excluding hydrogens is 198 g/mol. The first-order valence-electron chi connectivity index (χ1n) is 7.20. The molecule has 0 bridgehead atoms. The van der Waals surface area contributed by atoms with Crippen molar-refractivity contribution in [3.63, 3.8) is 0 Å². The maximum Gasteiger partial charge on any atom is 0.0695 e. The Labute approximate surface area is 100 Å². The van der Waals surface area contributed by atoms with Gasteiger partial charge in [0.05, 0.1) is 6.10 Å². The van der Waals surface area contributed by atoms with E-state index in [4.69, 9.17) is 0 Å². The summed E-state index contributed by atoms with van der Waals surface area (Å²) in [5.74, 6) is 0.867. The van der Waals surface area contributed by atoms with Crippen LogP contribution in [0.3, 0.4) is 0 Å². The quantitative estimate of drug-likeness (QED) is 0.777. The molecule has 0 aliphatic heterocycles. The van der Waals surface area contributed by atoms with Gasteiger partial charge in [0.1, 0.15) is 0 Å². The van der Waals surface area contributed by atoms with Crippen LogP contribution in [0.5, 0.6) is 0 Å². The number of hydrogen-bond donors (Lipinski definition) is 1. The highest BCUT2D eigenvalue weighted by molar-refractivity contribution is 4.94. The fraction of sp³-hybridized carbons (Fsp3) is 1.00. The van der Waals surface area contributed by atoms with Crippen molar-refractivity contribution < 1.29 is 5.11 Å². The second-order valence-corrected chi connectivity index (χ2v) is 5.66. The predicted octanol–water partition coefficient (Wildman–Crippen LogP) is 2.80. The van der Waals surface area contributed by atoms with E-state index in [1.54, 1.807) is 0 Å². The Kier molecular flexibility index (Phi) is 4.26. The molecule has 2 rings (SSSR count). The molecule has 0 saturated heterocycles. The number of aliphatic hydroxyl groups is 1. The fourth-order valence-corrected chi connectivity index (χ4v) is 3.41. The van der Waals surface area contributed by atoms with E-state index in [1.807, 2.05) is 0 Å². The molecule has 0 aromatic rings. The lowest BCUT2D eigenvalue weighted by molar-refractivity contribution is -0.000132. The van der Waals surface area contributed by atoms with Crippen molar-refractivity contribution in [2.45, 2.75) is 77.0 Å². The molecule has 0 aromatic carbocycles. The molecule has 2 nitrogen and oxygen atoms in total. The van der Waals surface area contributed by atoms with Crippen LogP contribution in [0, 0.1) is 5.92 Å². The molecule has 0 heterocycles. The Morgan fingerprint density at radius 2 is 1.88 bits per heavy atom. The van der Waals surface area contributed by atoms with E-state index in [9.17, 15) is 5.11 Å². The standard InChI is InChI=1S/C14H27NO/c1-3-5-11-6-9-14(16)13(10-11)15(4-2)12-7-8-12/h11-14,16H,3-10H2,1-2H3. The number of aliphatic hydroxyl groups excluding tert-OH is 1. The van der Waals surface area contributed by atoms with Gasteiger partial charge in [-0.2, -0.15) is 0 Å². The Balaban J connectivity index is 1.93. The summed E-state index contributed by atoms with van der Waals surface area (Å²) in [6.07, 6.45) is 8.80. The van der Waals surface area contributed by atoms with Gasteiger partial charge in [0.25, 0.3) is 0 Å². The lowest BCUT2D eigenvalue weighted by atomic mass is 9.80. The zero-order chi connectivity index (χ0) is 11.5. The molecule has 3 atom stereocenters. The smallest absolute Gasteiger partial charge is 0.0695 e. The summed E-state index contributed by atoms with van der Waals surface area (Å²) in [5.41, 5.74) is 0. The van der Waals surface area contributed by atoms with Crippen molar-refractivity contribution in [2.75, 3.05) is 6.54 Å². The fourth-order valence-electron chi connectivity index (χ4n) is 3.41. The normalized spacial score (nSPS) is 35.6. The minimum atomic E-state index is -0.0614. The molecule has 0 aromatic heterocycles. The van der Waals surface area contributed by atoms with Gasteiger partial charge in [-0.1, -0.05) is 26.7 Å². The summed E-state index contributed by atoms with van der Waals surface area (Å²) >= 11 is 0. The second kappa shape index (κ2) is 5.50. The van der Waals surface area contributed by atoms with Gasteiger partial charge < -0.3 is 5.11 Å². The largest absolute Gasteiger partial charge is 0.391 e. The average molecular weight is 225 g/mol. The Bertz CT molecular complexity index is 215. The molecule has 2 fully saturated rings. The van der Waals surface area contributed by atoms with Crippen molar-refractivity contribution in [1.82, 2.24) is 4.90 Å². The maximum atomic E-state index is 10.2. The molecule has 2 saturated carbocycles. The first kappa shape index (κ1) is 12.4. The minimum Gasteiger partial charge on any atom is -0.391 e. The maximum absolute atomic E-state index is 10.2. The monoisotopic (exact) mass is 225 g/mol. The van der Waals surface area contributed by atoms with Gasteiger partial charge in [0.2, 0.25) is 0 Å². The van der Waals surface area contributed by atoms with Crippen LogP contribution in [0.1, 0.15) is 58.8 Å². The number of rotatable bonds is 5. The number of likely N-dealkylation sites (N-methyl/N-ethyl adjacent to an activating group) is 1. The molecule has 3 unspecified atom stereocenters. The lowest BCUT2D eigenvalue weighted by Crippen LogP contribution is -2.48. The average Bonchev–Trinajstić information content (AvgIpc) is 3.08. The molecule has 1 N–H and O–H groups in total. The van der Waals surface area contributed by atoms with Crippen LogP contribution in [-0.4, -0.2) is 34.7 Å². The van der Waals surface area contributed by atoms with Gasteiger partial charge in [0.15, 0.2) is 0 Å². The molecule has 94 valence electrons. The van der Waals surface area contributed by atoms with E-state index in [2.05, 4.69) is 18.7 Å². The van der Waals surface area contributed by atoms with Gasteiger partial charge in [0, 0.05) is 12.1 Å². The summed E-state index contributed by atoms with van der Waals surface area (Å²) in [6, 6.07) is 1.26. The van der Waals surface area contributed by atoms with Crippen LogP contribution in [0.2, 0.25) is 0 Å². The Morgan fingerprint density at radius 1 is 1.12 bits per heavy atom. The summed E-state index contributed by atoms with van der Waals surface area (Å²) in [7, 11) is 0. The highest BCUT2D eigenvalue weighted by Crippen LogP contribution is 2.36. The van der Waals surface area contributed by atoms with E-state index in [0.717, 1.165) is 24.9 Å². The topological polar surface area (TPSA) is 23.5 Å². The Hall–Kier alpha value is -0.0800. The highest BCUT2D eigenvalue weighted by atomic mass is 16.3. The molecule has 2 aliphatic carbocycles. The summed E-state index contributed by atoms with van der Waals surface area (Å²) in [4.78, 5) is 2.58. The molecule has 0 amide bonds. The number of hydrogen-bond acceptors (Lipinski definition) is 2. The van der Waals surface area contributed by atoms with Crippen molar-refractivity contribution in [3.8, 4) is 0 Å². The number of nitrogens with zero attached hydrogens (tertiary/aromatic N) is 1. The molecular formula is C14H27NO. The lowest BCUT2D eigenvalue weighted by Gasteiger charge is -2.40. The predicted molar refractivity (Wildman–Crippen MR) is 67.4 cm³/mol. The SMILES string of the molecule is CCCC1CCC(O)C(N(CC)C2CC2)C1. The van der Waals surface area contributed by atoms with Crippen LogP contribution < -0.4 is 0 Å². The van der Waals surface area contributed by atoms with Gasteiger partial charge in [-0.05, 0) is 44.6 Å². The molecule has 0 radical (unpaired) electrons. The summed E-state index contributed by atoms with van der Waals surface area (Å²) < 4.78 is 0. The van der Waals surface area contributed by atoms with Crippen LogP contribution >= 0.6 is 0 Å². The van der Waals surface area contributed by atoms with Crippen molar-refractivity contribution in [2.24, 2.45) is 5.92 Å². The van der Waals surface area contributed by atoms with E-state index >= 15 is 0 Å². The van der Waals surface area contributed by atoms with Crippen LogP contribution in [0.25, 0.3) is 0 Å². The second-order valence-electron chi connectivity index (χ2n) is 5.66. The zero-order valence-electron chi connectivity index (χ0n) is 10.9. The van der Waals surface area contributed by atoms with Gasteiger partial charge >= 0.3 is 0 Å². The summed E-state index contributed by atoms with van der Waals surface area (Å²) in [5, 5.41) is 10.2. The van der Waals surface area contributed by atoms with E-state index in [0.29, 0.717) is 6.04 Å². The van der Waals surface area contributed by atoms with E-state index in [-0.39, 0.29) is 6.10 Å². The van der Waals surface area contributed by atoms with E-state index in [1.165, 1.54) is 38.5 Å². The summed E-state index contributed by atoms with van der Waals surface area (Å²) in [6.45, 7) is 5.64. The molecule has 2 heteroatoms. The Morgan fingerprint density at radius 3 is 2.44 bits per heavy atom. The molecule has 16 heavy (non-hydrogen) atoms. The van der Waals surface area contributed by atoms with Crippen molar-refractivity contribution >= 4 is 0 Å². The molecule has 0 spiro atoms. The molecule has 2 aliphatic rings. The third kappa shape index (κ3) is 2.78.